The lowest BCUT2D eigenvalue weighted by atomic mass is 10.2. The molecule has 2 N–H and O–H groups in total. The summed E-state index contributed by atoms with van der Waals surface area (Å²) in [7, 11) is 0. The van der Waals surface area contributed by atoms with Gasteiger partial charge in [-0.3, -0.25) is 0 Å². The van der Waals surface area contributed by atoms with Gasteiger partial charge < -0.3 is 5.73 Å². The summed E-state index contributed by atoms with van der Waals surface area (Å²) in [6, 6.07) is 0. The van der Waals surface area contributed by atoms with Crippen molar-refractivity contribution < 1.29 is 0 Å². The molecule has 0 atom stereocenters. The van der Waals surface area contributed by atoms with Crippen LogP contribution in [-0.4, -0.2) is 15.7 Å². The van der Waals surface area contributed by atoms with E-state index >= 15 is 0 Å². The summed E-state index contributed by atoms with van der Waals surface area (Å²) < 4.78 is 0. The van der Waals surface area contributed by atoms with Gasteiger partial charge in [0.2, 0.25) is 0 Å². The maximum Gasteiger partial charge on any atom is 0.190 e. The Balaban J connectivity index is 2.62. The van der Waals surface area contributed by atoms with Crippen LogP contribution >= 0.6 is 23.1 Å². The van der Waals surface area contributed by atoms with Crippen molar-refractivity contribution in [1.82, 2.24) is 9.97 Å². The predicted octanol–water partition coefficient (Wildman–Crippen LogP) is 2.69. The third-order valence-corrected chi connectivity index (χ3v) is 3.62. The molecule has 2 aromatic heterocycles. The molecule has 0 amide bonds. The number of aryl methyl sites for hydroxylation is 1. The minimum absolute atomic E-state index is 0.602. The molecule has 14 heavy (non-hydrogen) atoms. The van der Waals surface area contributed by atoms with Gasteiger partial charge in [0.15, 0.2) is 5.16 Å². The summed E-state index contributed by atoms with van der Waals surface area (Å²) in [5, 5.41) is 3.85. The first kappa shape index (κ1) is 9.73. The molecule has 0 bridgehead atoms. The number of thioether (sulfide) groups is 1. The second-order valence-corrected chi connectivity index (χ2v) is 5.01. The molecule has 0 unspecified atom stereocenters. The first-order valence-electron chi connectivity index (χ1n) is 4.36. The molecule has 2 heterocycles. The van der Waals surface area contributed by atoms with Gasteiger partial charge >= 0.3 is 0 Å². The molecular formula is C9H11N3S2. The number of nitrogens with zero attached hydrogens (tertiary/aromatic N) is 2. The summed E-state index contributed by atoms with van der Waals surface area (Å²) in [5.41, 5.74) is 7.04. The van der Waals surface area contributed by atoms with Crippen molar-refractivity contribution >= 4 is 39.1 Å². The number of nitrogens with two attached hydrogens (primary N) is 1. The molecule has 3 nitrogen and oxygen atoms in total. The first-order valence-corrected chi connectivity index (χ1v) is 6.23. The fourth-order valence-electron chi connectivity index (χ4n) is 1.29. The molecule has 0 aromatic carbocycles. The summed E-state index contributed by atoms with van der Waals surface area (Å²) in [5.74, 6) is 1.57. The Labute approximate surface area is 90.8 Å². The summed E-state index contributed by atoms with van der Waals surface area (Å²) in [6.07, 6.45) is 0. The highest BCUT2D eigenvalue weighted by Crippen LogP contribution is 2.29. The van der Waals surface area contributed by atoms with Gasteiger partial charge in [-0.1, -0.05) is 18.7 Å². The van der Waals surface area contributed by atoms with Crippen molar-refractivity contribution in [2.24, 2.45) is 0 Å². The van der Waals surface area contributed by atoms with Crippen molar-refractivity contribution in [3.05, 3.63) is 10.9 Å². The number of nitrogen functional groups attached to an aromatic ring is 1. The van der Waals surface area contributed by atoms with E-state index in [0.29, 0.717) is 5.82 Å². The number of anilines is 1. The predicted molar refractivity (Wildman–Crippen MR) is 63.0 cm³/mol. The molecule has 5 heteroatoms. The van der Waals surface area contributed by atoms with Crippen LogP contribution in [0.5, 0.6) is 0 Å². The van der Waals surface area contributed by atoms with Crippen LogP contribution in [0.4, 0.5) is 5.82 Å². The molecule has 0 saturated carbocycles. The smallest absolute Gasteiger partial charge is 0.190 e. The fraction of sp³-hybridized carbons (Fsp3) is 0.333. The molecule has 0 aliphatic heterocycles. The van der Waals surface area contributed by atoms with Crippen molar-refractivity contribution in [3.8, 4) is 0 Å². The first-order chi connectivity index (χ1) is 6.72. The molecule has 74 valence electrons. The third-order valence-electron chi connectivity index (χ3n) is 1.90. The van der Waals surface area contributed by atoms with E-state index < -0.39 is 0 Å². The zero-order valence-electron chi connectivity index (χ0n) is 8.07. The van der Waals surface area contributed by atoms with Crippen molar-refractivity contribution in [2.45, 2.75) is 19.0 Å². The molecule has 0 saturated heterocycles. The van der Waals surface area contributed by atoms with Crippen molar-refractivity contribution in [1.29, 1.82) is 0 Å². The van der Waals surface area contributed by atoms with Gasteiger partial charge in [0, 0.05) is 0 Å². The second kappa shape index (κ2) is 3.74. The van der Waals surface area contributed by atoms with Crippen LogP contribution in [0.25, 0.3) is 10.2 Å². The highest BCUT2D eigenvalue weighted by Gasteiger charge is 2.08. The largest absolute Gasteiger partial charge is 0.383 e. The lowest BCUT2D eigenvalue weighted by Crippen LogP contribution is -1.95. The number of hydrogen-bond acceptors (Lipinski definition) is 5. The van der Waals surface area contributed by atoms with Crippen molar-refractivity contribution in [3.63, 3.8) is 0 Å². The third kappa shape index (κ3) is 1.57. The number of fused-ring (bicyclic) bond motifs is 1. The van der Waals surface area contributed by atoms with Gasteiger partial charge in [-0.2, -0.15) is 0 Å². The van der Waals surface area contributed by atoms with Gasteiger partial charge in [-0.05, 0) is 23.6 Å². The Kier molecular flexibility index (Phi) is 2.60. The highest BCUT2D eigenvalue weighted by atomic mass is 32.2. The van der Waals surface area contributed by atoms with Crippen molar-refractivity contribution in [2.75, 3.05) is 11.5 Å². The second-order valence-electron chi connectivity index (χ2n) is 2.92. The Morgan fingerprint density at radius 2 is 2.29 bits per heavy atom. The van der Waals surface area contributed by atoms with E-state index in [1.807, 2.05) is 6.92 Å². The van der Waals surface area contributed by atoms with E-state index in [2.05, 4.69) is 22.3 Å². The van der Waals surface area contributed by atoms with Crippen LogP contribution in [0.1, 0.15) is 12.5 Å². The van der Waals surface area contributed by atoms with E-state index in [0.717, 1.165) is 26.7 Å². The minimum atomic E-state index is 0.602. The lowest BCUT2D eigenvalue weighted by molar-refractivity contribution is 1.02. The normalized spacial score (nSPS) is 11.0. The Morgan fingerprint density at radius 1 is 1.50 bits per heavy atom. The molecule has 0 aliphatic rings. The molecule has 0 fully saturated rings. The van der Waals surface area contributed by atoms with Crippen LogP contribution in [0, 0.1) is 6.92 Å². The highest BCUT2D eigenvalue weighted by molar-refractivity contribution is 7.99. The number of aromatic nitrogens is 2. The topological polar surface area (TPSA) is 51.8 Å². The van der Waals surface area contributed by atoms with Gasteiger partial charge in [-0.25, -0.2) is 9.97 Å². The van der Waals surface area contributed by atoms with E-state index in [-0.39, 0.29) is 0 Å². The van der Waals surface area contributed by atoms with Gasteiger partial charge in [0.25, 0.3) is 0 Å². The van der Waals surface area contributed by atoms with Crippen LogP contribution in [0.2, 0.25) is 0 Å². The SMILES string of the molecule is CCSc1nc(N)c2c(C)csc2n1. The lowest BCUT2D eigenvalue weighted by Gasteiger charge is -2.00. The number of hydrogen-bond donors (Lipinski definition) is 1. The average Bonchev–Trinajstić information content (AvgIpc) is 2.48. The zero-order valence-corrected chi connectivity index (χ0v) is 9.71. The molecule has 0 spiro atoms. The molecule has 0 radical (unpaired) electrons. The molecular weight excluding hydrogens is 214 g/mol. The molecule has 2 rings (SSSR count). The zero-order chi connectivity index (χ0) is 10.1. The Hall–Kier alpha value is -0.810. The van der Waals surface area contributed by atoms with Crippen LogP contribution in [0.3, 0.4) is 0 Å². The summed E-state index contributed by atoms with van der Waals surface area (Å²) in [4.78, 5) is 9.69. The van der Waals surface area contributed by atoms with Crippen LogP contribution < -0.4 is 5.73 Å². The maximum atomic E-state index is 5.87. The summed E-state index contributed by atoms with van der Waals surface area (Å²) in [6.45, 7) is 4.11. The Bertz CT molecular complexity index is 464. The molecule has 2 aromatic rings. The van der Waals surface area contributed by atoms with Gasteiger partial charge in [-0.15, -0.1) is 11.3 Å². The Morgan fingerprint density at radius 3 is 3.00 bits per heavy atom. The van der Waals surface area contributed by atoms with Crippen LogP contribution in [-0.2, 0) is 0 Å². The van der Waals surface area contributed by atoms with Gasteiger partial charge in [0.05, 0.1) is 5.39 Å². The van der Waals surface area contributed by atoms with E-state index in [1.54, 1.807) is 23.1 Å². The quantitative estimate of drug-likeness (QED) is 0.630. The molecule has 0 aliphatic carbocycles. The van der Waals surface area contributed by atoms with Gasteiger partial charge in [0.1, 0.15) is 10.6 Å². The number of rotatable bonds is 2. The summed E-state index contributed by atoms with van der Waals surface area (Å²) >= 11 is 3.24. The number of thiophene rings is 1. The average molecular weight is 225 g/mol. The van der Waals surface area contributed by atoms with E-state index in [4.69, 9.17) is 5.73 Å². The van der Waals surface area contributed by atoms with E-state index in [9.17, 15) is 0 Å². The monoisotopic (exact) mass is 225 g/mol. The standard InChI is InChI=1S/C9H11N3S2/c1-3-13-9-11-7(10)6-5(2)4-14-8(6)12-9/h4H,3H2,1-2H3,(H2,10,11,12). The minimum Gasteiger partial charge on any atom is -0.383 e. The fourth-order valence-corrected chi connectivity index (χ4v) is 2.85. The maximum absolute atomic E-state index is 5.87. The van der Waals surface area contributed by atoms with E-state index in [1.165, 1.54) is 0 Å². The van der Waals surface area contributed by atoms with Crippen LogP contribution in [0.15, 0.2) is 10.5 Å².